The molecule has 5 heterocycles. The van der Waals surface area contributed by atoms with E-state index in [2.05, 4.69) is 13.2 Å². The first kappa shape index (κ1) is 69.6. The molecule has 0 N–H and O–H groups in total. The van der Waals surface area contributed by atoms with E-state index in [4.69, 9.17) is 29.3 Å². The summed E-state index contributed by atoms with van der Waals surface area (Å²) in [5, 5.41) is 0. The lowest BCUT2D eigenvalue weighted by atomic mass is 9.32. The fourth-order valence-electron chi connectivity index (χ4n) is 26.8. The minimum Gasteiger partial charge on any atom is -0.304 e. The quantitative estimate of drug-likeness (QED) is 0.0375. The smallest absolute Gasteiger partial charge is 0.304 e. The summed E-state index contributed by atoms with van der Waals surface area (Å²) in [5.41, 5.74) is 0. The molecule has 5 aliphatic heterocycles. The van der Waals surface area contributed by atoms with Crippen molar-refractivity contribution in [3.8, 4) is 0 Å². The van der Waals surface area contributed by atoms with Gasteiger partial charge in [0.05, 0.1) is 13.2 Å². The Morgan fingerprint density at radius 2 is 0.528 bits per heavy atom. The molecular weight excluding hydrogens is 1090 g/mol. The average Bonchev–Trinajstić information content (AvgIpc) is 2.62. The first-order valence-electron chi connectivity index (χ1n) is 41.1. The van der Waals surface area contributed by atoms with Crippen molar-refractivity contribution >= 4 is 34.5 Å². The van der Waals surface area contributed by atoms with Crippen LogP contribution in [-0.2, 0) is 19.4 Å². The minimum atomic E-state index is 0.384. The molecule has 15 rings (SSSR count). The third-order valence-electron chi connectivity index (χ3n) is 30.1. The van der Waals surface area contributed by atoms with Gasteiger partial charge in [0.1, 0.15) is 20.7 Å². The zero-order chi connectivity index (χ0) is 61.0. The van der Waals surface area contributed by atoms with Crippen LogP contribution in [0.15, 0.2) is 25.3 Å². The standard InChI is InChI=1S/C30H52B2O4.C30H52B2.C12H21B.C6H10.O2/c1(11-21-33-35-31-27-17-7-3-13-23(27)24-14-4-8-18-28(24)31)2-12-22-34-36-32-29-19-9-5-15-25(29)26-16-6-10-20-30(26)32;1(11-21-31-27-17-7-3-13-23(27)24-14-4-8-18-28(24)31)2-12-22-32-29-19-9-5-15-25(29)26-16-6-10-20-30(26)32;1-3-7-11-9(5-1)10-6-2-4-8-12(10)13-11;1-3-5-6-4-2;1-2/h23-30H,1-22H2;23-30H,1-22H2;9-13H,1-8H2;3-4H,1-2,5-6H2;. The molecule has 0 aromatic rings. The molecule has 6 nitrogen and oxygen atoms in total. The molecule has 20 atom stereocenters. The summed E-state index contributed by atoms with van der Waals surface area (Å²) in [6.45, 7) is 11.7. The maximum Gasteiger partial charge on any atom is 0.347 e. The van der Waals surface area contributed by atoms with E-state index in [9.17, 15) is 0 Å². The summed E-state index contributed by atoms with van der Waals surface area (Å²) < 4.78 is 0. The van der Waals surface area contributed by atoms with Crippen molar-refractivity contribution in [3.05, 3.63) is 35.2 Å². The lowest BCUT2D eigenvalue weighted by molar-refractivity contribution is -0.218. The molecule has 0 aromatic heterocycles. The summed E-state index contributed by atoms with van der Waals surface area (Å²) >= 11 is 0. The molecule has 0 aromatic carbocycles. The zero-order valence-corrected chi connectivity index (χ0v) is 57.8. The molecule has 15 fully saturated rings. The van der Waals surface area contributed by atoms with Gasteiger partial charge in [-0.05, 0) is 108 Å². The van der Waals surface area contributed by atoms with Crippen LogP contribution in [0.25, 0.3) is 0 Å². The van der Waals surface area contributed by atoms with Gasteiger partial charge in [0.15, 0.2) is 0 Å². The highest BCUT2D eigenvalue weighted by Gasteiger charge is 2.58. The van der Waals surface area contributed by atoms with Crippen molar-refractivity contribution in [2.75, 3.05) is 13.2 Å². The van der Waals surface area contributed by atoms with Crippen LogP contribution in [0.1, 0.15) is 321 Å². The Morgan fingerprint density at radius 1 is 0.292 bits per heavy atom. The zero-order valence-electron chi connectivity index (χ0n) is 57.8. The van der Waals surface area contributed by atoms with E-state index >= 15 is 0 Å². The maximum atomic E-state index is 7.00. The Kier molecular flexibility index (Phi) is 29.0. The molecule has 0 amide bonds. The highest BCUT2D eigenvalue weighted by molar-refractivity contribution is 6.64. The SMILES string of the molecule is B1C2CCCCC2C2CCCCC12.C(CCCB1C2CCCCC2C2CCCCC12)CCB1C2CCCCC2C2CCCCC12.C(CCCOOB1C2CCCCC2C2CCCCC12)CCOOB1C2CCCCC2C2CCCCC12.C=CCCC=C.O=O. The molecule has 0 bridgehead atoms. The molecule has 0 radical (unpaired) electrons. The number of unbranched alkanes of at least 4 members (excludes halogenated alkanes) is 7. The Hall–Kier alpha value is -0.755. The van der Waals surface area contributed by atoms with Crippen molar-refractivity contribution in [2.45, 2.75) is 392 Å². The van der Waals surface area contributed by atoms with E-state index in [1.165, 1.54) is 139 Å². The summed E-state index contributed by atoms with van der Waals surface area (Å²) in [4.78, 5) is 38.1. The number of allylic oxidation sites excluding steroid dienone is 2. The van der Waals surface area contributed by atoms with Crippen molar-refractivity contribution in [2.24, 2.45) is 59.2 Å². The Bertz CT molecular complexity index is 1790. The van der Waals surface area contributed by atoms with Crippen LogP contribution in [0.3, 0.4) is 0 Å². The monoisotopic (exact) mass is 1220 g/mol. The average molecular weight is 1220 g/mol. The predicted molar refractivity (Wildman–Crippen MR) is 384 cm³/mol. The van der Waals surface area contributed by atoms with E-state index < -0.39 is 0 Å². The molecule has 15 aliphatic rings. The fraction of sp³-hybridized carbons (Fsp3) is 0.949. The Morgan fingerprint density at radius 3 is 0.820 bits per heavy atom. The van der Waals surface area contributed by atoms with E-state index in [-0.39, 0.29) is 0 Å². The Labute approximate surface area is 550 Å². The van der Waals surface area contributed by atoms with Crippen LogP contribution in [0.4, 0.5) is 0 Å². The second-order valence-corrected chi connectivity index (χ2v) is 34.2. The summed E-state index contributed by atoms with van der Waals surface area (Å²) in [5.74, 6) is 20.8. The fourth-order valence-corrected chi connectivity index (χ4v) is 26.8. The van der Waals surface area contributed by atoms with Crippen molar-refractivity contribution in [1.82, 2.24) is 0 Å². The lowest BCUT2D eigenvalue weighted by Gasteiger charge is -2.33. The summed E-state index contributed by atoms with van der Waals surface area (Å²) in [6.07, 6.45) is 80.4. The first-order valence-corrected chi connectivity index (χ1v) is 41.1. The van der Waals surface area contributed by atoms with E-state index in [1.54, 1.807) is 200 Å². The molecule has 10 aliphatic carbocycles. The van der Waals surface area contributed by atoms with Crippen LogP contribution < -0.4 is 0 Å². The molecule has 498 valence electrons. The third kappa shape index (κ3) is 17.5. The highest BCUT2D eigenvalue weighted by atomic mass is 17.2. The van der Waals surface area contributed by atoms with Gasteiger partial charge in [-0.1, -0.05) is 355 Å². The molecule has 20 unspecified atom stereocenters. The van der Waals surface area contributed by atoms with Gasteiger partial charge < -0.3 is 9.61 Å². The minimum absolute atomic E-state index is 0.384. The van der Waals surface area contributed by atoms with E-state index in [0.717, 1.165) is 146 Å². The van der Waals surface area contributed by atoms with Crippen LogP contribution >= 0.6 is 0 Å². The van der Waals surface area contributed by atoms with Crippen LogP contribution in [0, 0.1) is 69.1 Å². The van der Waals surface area contributed by atoms with Gasteiger partial charge in [0.25, 0.3) is 0 Å². The largest absolute Gasteiger partial charge is 0.347 e. The molecule has 5 saturated heterocycles. The molecular formula is C78H135B5O6. The summed E-state index contributed by atoms with van der Waals surface area (Å²) in [7, 11) is 1.62. The van der Waals surface area contributed by atoms with Crippen LogP contribution in [0.5, 0.6) is 0 Å². The number of hydrogen-bond acceptors (Lipinski definition) is 6. The van der Waals surface area contributed by atoms with Crippen LogP contribution in [-0.4, -0.2) is 47.7 Å². The number of hydrogen-bond donors (Lipinski definition) is 0. The topological polar surface area (TPSA) is 71.1 Å². The lowest BCUT2D eigenvalue weighted by Crippen LogP contribution is -2.28. The van der Waals surface area contributed by atoms with Gasteiger partial charge in [-0.25, -0.2) is 0 Å². The summed E-state index contributed by atoms with van der Waals surface area (Å²) in [6, 6.07) is 0. The van der Waals surface area contributed by atoms with Gasteiger partial charge >= 0.3 is 13.8 Å². The van der Waals surface area contributed by atoms with Crippen molar-refractivity contribution in [3.63, 3.8) is 0 Å². The van der Waals surface area contributed by atoms with Crippen molar-refractivity contribution < 1.29 is 19.4 Å². The molecule has 89 heavy (non-hydrogen) atoms. The van der Waals surface area contributed by atoms with E-state index in [0.29, 0.717) is 13.8 Å². The maximum absolute atomic E-state index is 7.00. The van der Waals surface area contributed by atoms with Gasteiger partial charge in [-0.15, -0.1) is 13.2 Å². The van der Waals surface area contributed by atoms with E-state index in [1.807, 2.05) is 12.2 Å². The second kappa shape index (κ2) is 37.1. The van der Waals surface area contributed by atoms with Crippen molar-refractivity contribution in [1.29, 1.82) is 0 Å². The first-order chi connectivity index (χ1) is 44.2. The number of rotatable bonds is 21. The molecule has 11 heteroatoms. The van der Waals surface area contributed by atoms with Gasteiger partial charge in [0, 0.05) is 9.93 Å². The normalized spacial score (nSPS) is 39.6. The highest BCUT2D eigenvalue weighted by Crippen LogP contribution is 2.64. The molecule has 0 spiro atoms. The third-order valence-corrected chi connectivity index (χ3v) is 30.1. The van der Waals surface area contributed by atoms with Gasteiger partial charge in [0.2, 0.25) is 0 Å². The van der Waals surface area contributed by atoms with Gasteiger partial charge in [-0.3, -0.25) is 9.78 Å². The van der Waals surface area contributed by atoms with Crippen LogP contribution in [0.2, 0.25) is 70.8 Å². The second-order valence-electron chi connectivity index (χ2n) is 34.2. The number of fused-ring (bicyclic) bond motifs is 15. The Balaban J connectivity index is 0.000000140. The molecule has 10 saturated carbocycles. The van der Waals surface area contributed by atoms with Gasteiger partial charge in [-0.2, -0.15) is 0 Å². The predicted octanol–water partition coefficient (Wildman–Crippen LogP) is 24.1.